The normalized spacial score (nSPS) is 19.9. The van der Waals surface area contributed by atoms with Gasteiger partial charge in [-0.3, -0.25) is 0 Å². The third-order valence-corrected chi connectivity index (χ3v) is 5.65. The topological polar surface area (TPSA) is 36.9 Å². The second-order valence-corrected chi connectivity index (χ2v) is 8.50. The molecule has 3 atom stereocenters. The lowest BCUT2D eigenvalue weighted by Crippen LogP contribution is -2.37. The van der Waals surface area contributed by atoms with Gasteiger partial charge in [-0.1, -0.05) is 91.0 Å². The number of rotatable bonds is 10. The molecule has 0 saturated carbocycles. The summed E-state index contributed by atoms with van der Waals surface area (Å²) in [6.45, 7) is 6.05. The molecule has 3 aromatic carbocycles. The van der Waals surface area contributed by atoms with Gasteiger partial charge in [0.15, 0.2) is 6.10 Å². The second kappa shape index (κ2) is 11.8. The van der Waals surface area contributed by atoms with Crippen LogP contribution in [0.1, 0.15) is 30.5 Å². The smallest absolute Gasteiger partial charge is 0.151 e. The van der Waals surface area contributed by atoms with Crippen LogP contribution in [0.25, 0.3) is 0 Å². The Kier molecular flexibility index (Phi) is 8.31. The summed E-state index contributed by atoms with van der Waals surface area (Å²) in [4.78, 5) is 0. The Labute approximate surface area is 196 Å². The quantitative estimate of drug-likeness (QED) is 0.380. The molecule has 4 rings (SSSR count). The van der Waals surface area contributed by atoms with Crippen molar-refractivity contribution >= 4 is 0 Å². The van der Waals surface area contributed by atoms with Crippen molar-refractivity contribution in [2.75, 3.05) is 6.61 Å². The predicted molar refractivity (Wildman–Crippen MR) is 129 cm³/mol. The fraction of sp³-hybridized carbons (Fsp3) is 0.310. The van der Waals surface area contributed by atoms with E-state index >= 15 is 0 Å². The Bertz CT molecular complexity index is 998. The molecule has 0 radical (unpaired) electrons. The third-order valence-electron chi connectivity index (χ3n) is 5.65. The molecule has 3 aromatic rings. The highest BCUT2D eigenvalue weighted by molar-refractivity contribution is 5.19. The van der Waals surface area contributed by atoms with Gasteiger partial charge in [-0.2, -0.15) is 0 Å². The van der Waals surface area contributed by atoms with Gasteiger partial charge in [-0.15, -0.1) is 0 Å². The Hall–Kier alpha value is -2.92. The number of hydrogen-bond acceptors (Lipinski definition) is 4. The standard InChI is InChI=1S/C29H32O4/c1-22(2)27-29(32-20-25-16-10-5-11-17-25)28(31-19-24-14-8-4-9-15-24)26(33-27)21-30-18-23-12-6-3-7-13-23/h3-17,26,28-29H,18-21H2,1-2H3/t26?,28?,29-/m0/s1. The van der Waals surface area contributed by atoms with E-state index in [0.29, 0.717) is 26.4 Å². The van der Waals surface area contributed by atoms with Gasteiger partial charge in [-0.25, -0.2) is 0 Å². The van der Waals surface area contributed by atoms with Gasteiger partial charge < -0.3 is 18.9 Å². The molecule has 1 saturated heterocycles. The molecular formula is C29H32O4. The molecule has 1 fully saturated rings. The van der Waals surface area contributed by atoms with Gasteiger partial charge in [0.05, 0.1) is 26.4 Å². The summed E-state index contributed by atoms with van der Waals surface area (Å²) >= 11 is 0. The monoisotopic (exact) mass is 444 g/mol. The minimum atomic E-state index is -0.288. The summed E-state index contributed by atoms with van der Waals surface area (Å²) in [7, 11) is 0. The van der Waals surface area contributed by atoms with E-state index in [0.717, 1.165) is 28.0 Å². The summed E-state index contributed by atoms with van der Waals surface area (Å²) in [5, 5.41) is 0. The van der Waals surface area contributed by atoms with Crippen LogP contribution in [0, 0.1) is 0 Å². The van der Waals surface area contributed by atoms with E-state index in [1.807, 2.05) is 54.6 Å². The maximum absolute atomic E-state index is 6.42. The zero-order valence-corrected chi connectivity index (χ0v) is 19.4. The van der Waals surface area contributed by atoms with E-state index in [9.17, 15) is 0 Å². The molecule has 1 aliphatic rings. The lowest BCUT2D eigenvalue weighted by atomic mass is 10.1. The lowest BCUT2D eigenvalue weighted by Gasteiger charge is -2.23. The van der Waals surface area contributed by atoms with E-state index in [4.69, 9.17) is 18.9 Å². The first-order valence-electron chi connectivity index (χ1n) is 11.5. The van der Waals surface area contributed by atoms with Crippen molar-refractivity contribution in [2.24, 2.45) is 0 Å². The minimum absolute atomic E-state index is 0.247. The molecule has 1 heterocycles. The van der Waals surface area contributed by atoms with Crippen LogP contribution in [0.15, 0.2) is 102 Å². The van der Waals surface area contributed by atoms with Crippen LogP contribution in [0.4, 0.5) is 0 Å². The van der Waals surface area contributed by atoms with Crippen LogP contribution in [0.2, 0.25) is 0 Å². The maximum Gasteiger partial charge on any atom is 0.151 e. The molecule has 4 heteroatoms. The van der Waals surface area contributed by atoms with E-state index in [2.05, 4.69) is 50.2 Å². The van der Waals surface area contributed by atoms with Crippen molar-refractivity contribution in [1.82, 2.24) is 0 Å². The zero-order valence-electron chi connectivity index (χ0n) is 19.4. The van der Waals surface area contributed by atoms with E-state index in [1.54, 1.807) is 0 Å². The average molecular weight is 445 g/mol. The summed E-state index contributed by atoms with van der Waals surface area (Å²) in [5.41, 5.74) is 4.47. The first-order valence-corrected chi connectivity index (χ1v) is 11.5. The van der Waals surface area contributed by atoms with Gasteiger partial charge in [0.2, 0.25) is 0 Å². The van der Waals surface area contributed by atoms with Crippen molar-refractivity contribution in [3.05, 3.63) is 119 Å². The molecule has 172 valence electrons. The van der Waals surface area contributed by atoms with Gasteiger partial charge in [-0.05, 0) is 36.1 Å². The first kappa shape index (κ1) is 23.2. The summed E-state index contributed by atoms with van der Waals surface area (Å²) in [6, 6.07) is 30.6. The largest absolute Gasteiger partial charge is 0.487 e. The zero-order chi connectivity index (χ0) is 22.9. The van der Waals surface area contributed by atoms with E-state index < -0.39 is 0 Å². The van der Waals surface area contributed by atoms with Crippen molar-refractivity contribution in [3.63, 3.8) is 0 Å². The van der Waals surface area contributed by atoms with Gasteiger partial charge in [0.1, 0.15) is 18.0 Å². The molecule has 1 aliphatic heterocycles. The molecular weight excluding hydrogens is 412 g/mol. The molecule has 4 nitrogen and oxygen atoms in total. The minimum Gasteiger partial charge on any atom is -0.487 e. The average Bonchev–Trinajstić information content (AvgIpc) is 3.21. The van der Waals surface area contributed by atoms with Gasteiger partial charge in [0, 0.05) is 0 Å². The van der Waals surface area contributed by atoms with Crippen molar-refractivity contribution < 1.29 is 18.9 Å². The Balaban J connectivity index is 1.48. The maximum atomic E-state index is 6.42. The Morgan fingerprint density at radius 2 is 1.15 bits per heavy atom. The molecule has 0 aromatic heterocycles. The summed E-state index contributed by atoms with van der Waals surface area (Å²) in [5.74, 6) is 0.845. The predicted octanol–water partition coefficient (Wildman–Crippen LogP) is 6.07. The van der Waals surface area contributed by atoms with Crippen LogP contribution >= 0.6 is 0 Å². The van der Waals surface area contributed by atoms with Gasteiger partial charge >= 0.3 is 0 Å². The Morgan fingerprint density at radius 3 is 1.67 bits per heavy atom. The molecule has 0 amide bonds. The fourth-order valence-electron chi connectivity index (χ4n) is 3.93. The van der Waals surface area contributed by atoms with Crippen molar-refractivity contribution in [2.45, 2.75) is 52.0 Å². The fourth-order valence-corrected chi connectivity index (χ4v) is 3.93. The molecule has 2 unspecified atom stereocenters. The number of ether oxygens (including phenoxy) is 4. The van der Waals surface area contributed by atoms with E-state index in [-0.39, 0.29) is 18.3 Å². The van der Waals surface area contributed by atoms with Gasteiger partial charge in [0.25, 0.3) is 0 Å². The number of benzene rings is 3. The summed E-state index contributed by atoms with van der Waals surface area (Å²) < 4.78 is 25.2. The highest BCUT2D eigenvalue weighted by Gasteiger charge is 2.44. The summed E-state index contributed by atoms with van der Waals surface area (Å²) in [6.07, 6.45) is -0.804. The van der Waals surface area contributed by atoms with E-state index in [1.165, 1.54) is 0 Å². The molecule has 0 N–H and O–H groups in total. The SMILES string of the molecule is CC(C)=C1OC(COCc2ccccc2)C(OCc2ccccc2)[C@H]1OCc1ccccc1. The third kappa shape index (κ3) is 6.55. The molecule has 33 heavy (non-hydrogen) atoms. The second-order valence-electron chi connectivity index (χ2n) is 8.50. The highest BCUT2D eigenvalue weighted by Crippen LogP contribution is 2.33. The molecule has 0 aliphatic carbocycles. The molecule has 0 bridgehead atoms. The lowest BCUT2D eigenvalue weighted by molar-refractivity contribution is -0.0894. The van der Waals surface area contributed by atoms with Crippen LogP contribution in [0.5, 0.6) is 0 Å². The number of allylic oxidation sites excluding steroid dienone is 1. The van der Waals surface area contributed by atoms with Crippen LogP contribution in [-0.2, 0) is 38.8 Å². The first-order chi connectivity index (χ1) is 16.2. The molecule has 0 spiro atoms. The van der Waals surface area contributed by atoms with Crippen LogP contribution in [-0.4, -0.2) is 24.9 Å². The van der Waals surface area contributed by atoms with Crippen LogP contribution in [0.3, 0.4) is 0 Å². The highest BCUT2D eigenvalue weighted by atomic mass is 16.6. The van der Waals surface area contributed by atoms with Crippen molar-refractivity contribution in [1.29, 1.82) is 0 Å². The van der Waals surface area contributed by atoms with Crippen molar-refractivity contribution in [3.8, 4) is 0 Å². The number of hydrogen-bond donors (Lipinski definition) is 0. The van der Waals surface area contributed by atoms with Crippen LogP contribution < -0.4 is 0 Å². The Morgan fingerprint density at radius 1 is 0.667 bits per heavy atom.